The van der Waals surface area contributed by atoms with Gasteiger partial charge in [0.25, 0.3) is 0 Å². The number of carbonyl (C=O) groups excluding carboxylic acids is 1. The molecule has 1 aliphatic heterocycles. The number of carbonyl (C=O) groups is 1. The Morgan fingerprint density at radius 2 is 1.90 bits per heavy atom. The molecule has 0 aromatic rings. The number of amides is 1. The van der Waals surface area contributed by atoms with E-state index in [2.05, 4.69) is 24.1 Å². The molecule has 3 heteroatoms. The largest absolute Gasteiger partial charge is 0.325 e. The zero-order chi connectivity index (χ0) is 14.8. The van der Waals surface area contributed by atoms with Crippen molar-refractivity contribution < 1.29 is 4.79 Å². The van der Waals surface area contributed by atoms with Gasteiger partial charge in [-0.3, -0.25) is 10.1 Å². The molecule has 0 aromatic heterocycles. The second-order valence-corrected chi connectivity index (χ2v) is 7.66. The zero-order valence-corrected chi connectivity index (χ0v) is 13.8. The summed E-state index contributed by atoms with van der Waals surface area (Å²) in [7, 11) is 0. The molecule has 0 spiro atoms. The zero-order valence-electron chi connectivity index (χ0n) is 13.8. The summed E-state index contributed by atoms with van der Waals surface area (Å²) >= 11 is 0. The van der Waals surface area contributed by atoms with Crippen molar-refractivity contribution in [3.63, 3.8) is 0 Å². The first kappa shape index (κ1) is 15.3. The van der Waals surface area contributed by atoms with Crippen molar-refractivity contribution in [2.24, 2.45) is 17.8 Å². The Bertz CT molecular complexity index is 364. The van der Waals surface area contributed by atoms with Crippen LogP contribution in [0.3, 0.4) is 0 Å². The number of nitrogens with one attached hydrogen (secondary N) is 1. The van der Waals surface area contributed by atoms with Crippen LogP contribution >= 0.6 is 0 Å². The maximum Gasteiger partial charge on any atom is 0.241 e. The van der Waals surface area contributed by atoms with E-state index in [9.17, 15) is 4.79 Å². The van der Waals surface area contributed by atoms with Gasteiger partial charge in [0.05, 0.1) is 12.2 Å². The number of rotatable bonds is 5. The van der Waals surface area contributed by atoms with Gasteiger partial charge in [0.15, 0.2) is 0 Å². The van der Waals surface area contributed by atoms with E-state index in [4.69, 9.17) is 0 Å². The standard InChI is InChI=1S/C18H32N2O/c1-3-7-16-18(21)20(12-15-11-6-8-13(15)2)17(19-16)14-9-4-5-10-14/h13-17,19H,3-12H2,1-2H3. The molecule has 3 nitrogen and oxygen atoms in total. The van der Waals surface area contributed by atoms with Gasteiger partial charge in [-0.25, -0.2) is 0 Å². The molecule has 1 amide bonds. The highest BCUT2D eigenvalue weighted by Gasteiger charge is 2.44. The van der Waals surface area contributed by atoms with Gasteiger partial charge in [0.1, 0.15) is 0 Å². The van der Waals surface area contributed by atoms with Gasteiger partial charge in [-0.1, -0.05) is 46.0 Å². The lowest BCUT2D eigenvalue weighted by Gasteiger charge is -2.32. The van der Waals surface area contributed by atoms with Crippen molar-refractivity contribution in [2.45, 2.75) is 83.8 Å². The van der Waals surface area contributed by atoms with Gasteiger partial charge in [-0.15, -0.1) is 0 Å². The van der Waals surface area contributed by atoms with Gasteiger partial charge in [-0.2, -0.15) is 0 Å². The molecular formula is C18H32N2O. The normalized spacial score (nSPS) is 37.8. The molecule has 1 heterocycles. The minimum Gasteiger partial charge on any atom is -0.325 e. The monoisotopic (exact) mass is 292 g/mol. The summed E-state index contributed by atoms with van der Waals surface area (Å²) in [5.74, 6) is 2.63. The molecule has 3 fully saturated rings. The summed E-state index contributed by atoms with van der Waals surface area (Å²) in [4.78, 5) is 15.1. The van der Waals surface area contributed by atoms with Crippen LogP contribution in [0.5, 0.6) is 0 Å². The van der Waals surface area contributed by atoms with Gasteiger partial charge >= 0.3 is 0 Å². The minimum atomic E-state index is 0.0947. The summed E-state index contributed by atoms with van der Waals surface area (Å²) in [5.41, 5.74) is 0. The van der Waals surface area contributed by atoms with Crippen LogP contribution in [0.1, 0.15) is 71.6 Å². The molecule has 0 radical (unpaired) electrons. The lowest BCUT2D eigenvalue weighted by Crippen LogP contribution is -2.45. The van der Waals surface area contributed by atoms with Crippen LogP contribution in [0.2, 0.25) is 0 Å². The van der Waals surface area contributed by atoms with E-state index >= 15 is 0 Å². The maximum atomic E-state index is 12.8. The summed E-state index contributed by atoms with van der Waals surface area (Å²) in [6.07, 6.45) is 11.8. The van der Waals surface area contributed by atoms with Crippen LogP contribution < -0.4 is 5.32 Å². The van der Waals surface area contributed by atoms with Gasteiger partial charge in [0, 0.05) is 6.54 Å². The lowest BCUT2D eigenvalue weighted by atomic mass is 9.96. The Morgan fingerprint density at radius 1 is 1.14 bits per heavy atom. The molecule has 21 heavy (non-hydrogen) atoms. The quantitative estimate of drug-likeness (QED) is 0.840. The second kappa shape index (κ2) is 6.68. The average molecular weight is 292 g/mol. The van der Waals surface area contributed by atoms with E-state index in [0.717, 1.165) is 31.2 Å². The highest BCUT2D eigenvalue weighted by atomic mass is 16.2. The molecule has 4 atom stereocenters. The van der Waals surface area contributed by atoms with E-state index in [1.54, 1.807) is 0 Å². The number of nitrogens with zero attached hydrogens (tertiary/aromatic N) is 1. The Morgan fingerprint density at radius 3 is 2.52 bits per heavy atom. The SMILES string of the molecule is CCCC1NC(C2CCCC2)N(CC2CCCC2C)C1=O. The van der Waals surface area contributed by atoms with Crippen molar-refractivity contribution in [2.75, 3.05) is 6.54 Å². The summed E-state index contributed by atoms with van der Waals surface area (Å²) in [6.45, 7) is 5.56. The first-order valence-electron chi connectivity index (χ1n) is 9.27. The maximum absolute atomic E-state index is 12.8. The first-order valence-corrected chi connectivity index (χ1v) is 9.27. The Kier molecular flexibility index (Phi) is 4.88. The highest BCUT2D eigenvalue weighted by molar-refractivity contribution is 5.84. The number of hydrogen-bond acceptors (Lipinski definition) is 2. The van der Waals surface area contributed by atoms with Gasteiger partial charge in [-0.05, 0) is 43.4 Å². The molecule has 1 N–H and O–H groups in total. The molecule has 2 aliphatic carbocycles. The van der Waals surface area contributed by atoms with Crippen molar-refractivity contribution >= 4 is 5.91 Å². The van der Waals surface area contributed by atoms with Crippen LogP contribution in [0, 0.1) is 17.8 Å². The van der Waals surface area contributed by atoms with Crippen LogP contribution in [0.25, 0.3) is 0 Å². The fourth-order valence-electron chi connectivity index (χ4n) is 4.81. The predicted octanol–water partition coefficient (Wildman–Crippen LogP) is 3.54. The third kappa shape index (κ3) is 3.13. The van der Waals surface area contributed by atoms with Crippen molar-refractivity contribution in [1.82, 2.24) is 10.2 Å². The average Bonchev–Trinajstić information content (AvgIpc) is 3.17. The predicted molar refractivity (Wildman–Crippen MR) is 85.8 cm³/mol. The van der Waals surface area contributed by atoms with E-state index < -0.39 is 0 Å². The fourth-order valence-corrected chi connectivity index (χ4v) is 4.81. The topological polar surface area (TPSA) is 32.3 Å². The Hall–Kier alpha value is -0.570. The third-order valence-corrected chi connectivity index (χ3v) is 6.18. The van der Waals surface area contributed by atoms with Gasteiger partial charge < -0.3 is 4.90 Å². The summed E-state index contributed by atoms with van der Waals surface area (Å²) < 4.78 is 0. The molecule has 2 saturated carbocycles. The van der Waals surface area contributed by atoms with E-state index in [1.165, 1.54) is 44.9 Å². The molecule has 4 unspecified atom stereocenters. The molecule has 120 valence electrons. The smallest absolute Gasteiger partial charge is 0.241 e. The fraction of sp³-hybridized carbons (Fsp3) is 0.944. The Labute approximate surface area is 129 Å². The molecule has 1 saturated heterocycles. The molecule has 0 bridgehead atoms. The van der Waals surface area contributed by atoms with E-state index in [0.29, 0.717) is 18.0 Å². The lowest BCUT2D eigenvalue weighted by molar-refractivity contribution is -0.131. The molecule has 3 aliphatic rings. The van der Waals surface area contributed by atoms with Gasteiger partial charge in [0.2, 0.25) is 5.91 Å². The minimum absolute atomic E-state index is 0.0947. The molecule has 0 aromatic carbocycles. The van der Waals surface area contributed by atoms with E-state index in [-0.39, 0.29) is 6.04 Å². The van der Waals surface area contributed by atoms with Crippen LogP contribution in [-0.2, 0) is 4.79 Å². The summed E-state index contributed by atoms with van der Waals surface area (Å²) in [5, 5.41) is 3.70. The first-order chi connectivity index (χ1) is 10.2. The third-order valence-electron chi connectivity index (χ3n) is 6.18. The summed E-state index contributed by atoms with van der Waals surface area (Å²) in [6, 6.07) is 0.0947. The van der Waals surface area contributed by atoms with Crippen LogP contribution in [0.4, 0.5) is 0 Å². The van der Waals surface area contributed by atoms with Crippen LogP contribution in [0.15, 0.2) is 0 Å². The molecular weight excluding hydrogens is 260 g/mol. The molecule has 3 rings (SSSR count). The van der Waals surface area contributed by atoms with E-state index in [1.807, 2.05) is 0 Å². The number of hydrogen-bond donors (Lipinski definition) is 1. The second-order valence-electron chi connectivity index (χ2n) is 7.66. The van der Waals surface area contributed by atoms with Crippen molar-refractivity contribution in [3.05, 3.63) is 0 Å². The van der Waals surface area contributed by atoms with Crippen molar-refractivity contribution in [3.8, 4) is 0 Å². The van der Waals surface area contributed by atoms with Crippen molar-refractivity contribution in [1.29, 1.82) is 0 Å². The highest BCUT2D eigenvalue weighted by Crippen LogP contribution is 2.36. The Balaban J connectivity index is 1.70. The van der Waals surface area contributed by atoms with Crippen LogP contribution in [-0.4, -0.2) is 29.6 Å².